The van der Waals surface area contributed by atoms with Crippen molar-refractivity contribution in [1.82, 2.24) is 14.1 Å². The number of rotatable bonds is 3. The summed E-state index contributed by atoms with van der Waals surface area (Å²) in [6.07, 6.45) is 1.59. The van der Waals surface area contributed by atoms with Crippen molar-refractivity contribution < 1.29 is 18.0 Å². The van der Waals surface area contributed by atoms with Crippen LogP contribution in [0.1, 0.15) is 44.7 Å². The van der Waals surface area contributed by atoms with Crippen molar-refractivity contribution in [3.63, 3.8) is 0 Å². The molecule has 0 bridgehead atoms. The van der Waals surface area contributed by atoms with Gasteiger partial charge in [-0.3, -0.25) is 9.59 Å². The first-order valence-electron chi connectivity index (χ1n) is 11.1. The van der Waals surface area contributed by atoms with E-state index in [1.807, 2.05) is 45.6 Å². The summed E-state index contributed by atoms with van der Waals surface area (Å²) in [7, 11) is -3.57. The lowest BCUT2D eigenvalue weighted by Crippen LogP contribution is -2.54. The Balaban J connectivity index is 1.62. The molecule has 8 heteroatoms. The number of aryl methyl sites for hydroxylation is 2. The van der Waals surface area contributed by atoms with Gasteiger partial charge in [0.15, 0.2) is 0 Å². The van der Waals surface area contributed by atoms with Crippen LogP contribution in [0.25, 0.3) is 0 Å². The lowest BCUT2D eigenvalue weighted by molar-refractivity contribution is -0.145. The van der Waals surface area contributed by atoms with Crippen molar-refractivity contribution in [3.8, 4) is 0 Å². The zero-order valence-electron chi connectivity index (χ0n) is 19.3. The number of amides is 2. The molecule has 2 fully saturated rings. The number of likely N-dealkylation sites (tertiary alicyclic amines) is 1. The zero-order chi connectivity index (χ0) is 23.0. The Hall–Kier alpha value is -1.93. The van der Waals surface area contributed by atoms with Crippen molar-refractivity contribution in [2.45, 2.75) is 52.4 Å². The maximum Gasteiger partial charge on any atom is 0.243 e. The van der Waals surface area contributed by atoms with Gasteiger partial charge in [0.25, 0.3) is 0 Å². The molecular weight excluding hydrogens is 414 g/mol. The van der Waals surface area contributed by atoms with Crippen LogP contribution in [0.15, 0.2) is 23.1 Å². The minimum atomic E-state index is -3.57. The van der Waals surface area contributed by atoms with E-state index in [2.05, 4.69) is 0 Å². The summed E-state index contributed by atoms with van der Waals surface area (Å²) in [6, 6.07) is 5.19. The minimum Gasteiger partial charge on any atom is -0.341 e. The van der Waals surface area contributed by atoms with Gasteiger partial charge in [-0.15, -0.1) is 0 Å². The molecule has 1 aromatic carbocycles. The van der Waals surface area contributed by atoms with Crippen LogP contribution < -0.4 is 0 Å². The van der Waals surface area contributed by atoms with Crippen LogP contribution in [-0.4, -0.2) is 73.6 Å². The molecule has 172 valence electrons. The highest BCUT2D eigenvalue weighted by Crippen LogP contribution is 2.26. The Kier molecular flexibility index (Phi) is 6.81. The Labute approximate surface area is 186 Å². The van der Waals surface area contributed by atoms with Gasteiger partial charge in [0.05, 0.1) is 10.8 Å². The first-order chi connectivity index (χ1) is 14.4. The number of hydrogen-bond acceptors (Lipinski definition) is 4. The molecule has 3 rings (SSSR count). The van der Waals surface area contributed by atoms with Crippen LogP contribution in [0.4, 0.5) is 0 Å². The Bertz CT molecular complexity index is 944. The van der Waals surface area contributed by atoms with Gasteiger partial charge < -0.3 is 9.80 Å². The number of benzene rings is 1. The summed E-state index contributed by atoms with van der Waals surface area (Å²) < 4.78 is 27.5. The molecule has 0 spiro atoms. The van der Waals surface area contributed by atoms with E-state index < -0.39 is 15.4 Å². The highest BCUT2D eigenvalue weighted by atomic mass is 32.2. The summed E-state index contributed by atoms with van der Waals surface area (Å²) in [5.41, 5.74) is 1.54. The smallest absolute Gasteiger partial charge is 0.243 e. The molecule has 7 nitrogen and oxygen atoms in total. The molecule has 1 unspecified atom stereocenters. The number of hydrogen-bond donors (Lipinski definition) is 0. The zero-order valence-corrected chi connectivity index (χ0v) is 20.2. The summed E-state index contributed by atoms with van der Waals surface area (Å²) in [5.74, 6) is -0.0908. The number of nitrogens with zero attached hydrogens (tertiary/aromatic N) is 3. The van der Waals surface area contributed by atoms with E-state index in [9.17, 15) is 18.0 Å². The summed E-state index contributed by atoms with van der Waals surface area (Å²) in [6.45, 7) is 12.1. The third kappa shape index (κ3) is 5.12. The maximum atomic E-state index is 13.1. The van der Waals surface area contributed by atoms with Gasteiger partial charge in [-0.25, -0.2) is 8.42 Å². The molecule has 0 aliphatic carbocycles. The standard InChI is InChI=1S/C23H35N3O4S/c1-17-8-9-20(15-18(17)2)31(29,30)26-13-11-24(12-14-26)21(27)19-7-6-10-25(16-19)22(28)23(3,4)5/h8-9,15,19H,6-7,10-14,16H2,1-5H3. The van der Waals surface area contributed by atoms with Gasteiger partial charge in [-0.1, -0.05) is 26.8 Å². The Morgan fingerprint density at radius 2 is 1.58 bits per heavy atom. The number of carbonyl (C=O) groups is 2. The maximum absolute atomic E-state index is 13.1. The lowest BCUT2D eigenvalue weighted by Gasteiger charge is -2.40. The SMILES string of the molecule is Cc1ccc(S(=O)(=O)N2CCN(C(=O)C3CCCN(C(=O)C(C)(C)C)C3)CC2)cc1C. The topological polar surface area (TPSA) is 78.0 Å². The molecule has 31 heavy (non-hydrogen) atoms. The van der Waals surface area contributed by atoms with E-state index >= 15 is 0 Å². The molecule has 1 aromatic rings. The molecule has 2 saturated heterocycles. The molecule has 2 aliphatic heterocycles. The fourth-order valence-electron chi connectivity index (χ4n) is 4.27. The Morgan fingerprint density at radius 1 is 0.935 bits per heavy atom. The molecule has 1 atom stereocenters. The minimum absolute atomic E-state index is 0.0367. The fourth-order valence-corrected chi connectivity index (χ4v) is 5.78. The van der Waals surface area contributed by atoms with E-state index in [4.69, 9.17) is 0 Å². The van der Waals surface area contributed by atoms with Crippen LogP contribution in [-0.2, 0) is 19.6 Å². The van der Waals surface area contributed by atoms with Gasteiger partial charge in [0.1, 0.15) is 0 Å². The second kappa shape index (κ2) is 8.90. The predicted octanol–water partition coefficient (Wildman–Crippen LogP) is 2.42. The first-order valence-corrected chi connectivity index (χ1v) is 12.5. The average Bonchev–Trinajstić information content (AvgIpc) is 2.74. The third-order valence-electron chi connectivity index (χ3n) is 6.37. The van der Waals surface area contributed by atoms with Crippen LogP contribution in [0.2, 0.25) is 0 Å². The number of piperidine rings is 1. The molecular formula is C23H35N3O4S. The van der Waals surface area contributed by atoms with E-state index in [-0.39, 0.29) is 17.7 Å². The van der Waals surface area contributed by atoms with Gasteiger partial charge in [0.2, 0.25) is 21.8 Å². The summed E-state index contributed by atoms with van der Waals surface area (Å²) in [5, 5.41) is 0. The molecule has 0 aromatic heterocycles. The van der Waals surface area contributed by atoms with Crippen molar-refractivity contribution in [1.29, 1.82) is 0 Å². The van der Waals surface area contributed by atoms with Gasteiger partial charge in [-0.05, 0) is 49.9 Å². The van der Waals surface area contributed by atoms with Crippen LogP contribution in [0.3, 0.4) is 0 Å². The molecule has 0 saturated carbocycles. The number of sulfonamides is 1. The van der Waals surface area contributed by atoms with Crippen molar-refractivity contribution in [2.24, 2.45) is 11.3 Å². The van der Waals surface area contributed by atoms with Crippen LogP contribution in [0.5, 0.6) is 0 Å². The fraction of sp³-hybridized carbons (Fsp3) is 0.652. The first kappa shape index (κ1) is 23.7. The van der Waals surface area contributed by atoms with E-state index in [0.717, 1.165) is 24.0 Å². The van der Waals surface area contributed by atoms with Crippen molar-refractivity contribution in [3.05, 3.63) is 29.3 Å². The van der Waals surface area contributed by atoms with Crippen LogP contribution >= 0.6 is 0 Å². The largest absolute Gasteiger partial charge is 0.341 e. The van der Waals surface area contributed by atoms with E-state index in [0.29, 0.717) is 44.2 Å². The molecule has 2 aliphatic rings. The van der Waals surface area contributed by atoms with E-state index in [1.165, 1.54) is 4.31 Å². The quantitative estimate of drug-likeness (QED) is 0.710. The predicted molar refractivity (Wildman–Crippen MR) is 120 cm³/mol. The third-order valence-corrected chi connectivity index (χ3v) is 8.26. The van der Waals surface area contributed by atoms with Crippen LogP contribution in [0, 0.1) is 25.2 Å². The van der Waals surface area contributed by atoms with Crippen molar-refractivity contribution in [2.75, 3.05) is 39.3 Å². The summed E-state index contributed by atoms with van der Waals surface area (Å²) >= 11 is 0. The van der Waals surface area contributed by atoms with E-state index in [1.54, 1.807) is 17.0 Å². The Morgan fingerprint density at radius 3 is 2.16 bits per heavy atom. The average molecular weight is 450 g/mol. The highest BCUT2D eigenvalue weighted by Gasteiger charge is 2.37. The molecule has 0 N–H and O–H groups in total. The number of carbonyl (C=O) groups excluding carboxylic acids is 2. The monoisotopic (exact) mass is 449 g/mol. The molecule has 2 amide bonds. The van der Waals surface area contributed by atoms with Gasteiger partial charge in [0, 0.05) is 44.7 Å². The normalized spacial score (nSPS) is 21.3. The number of piperazine rings is 1. The molecule has 2 heterocycles. The lowest BCUT2D eigenvalue weighted by atomic mass is 9.90. The second-order valence-electron chi connectivity index (χ2n) is 9.82. The van der Waals surface area contributed by atoms with Gasteiger partial charge >= 0.3 is 0 Å². The summed E-state index contributed by atoms with van der Waals surface area (Å²) in [4.78, 5) is 29.6. The van der Waals surface area contributed by atoms with Gasteiger partial charge in [-0.2, -0.15) is 4.31 Å². The highest BCUT2D eigenvalue weighted by molar-refractivity contribution is 7.89. The van der Waals surface area contributed by atoms with Crippen molar-refractivity contribution >= 4 is 21.8 Å². The molecule has 0 radical (unpaired) electrons. The second-order valence-corrected chi connectivity index (χ2v) is 11.8.